The summed E-state index contributed by atoms with van der Waals surface area (Å²) in [5.41, 5.74) is 5.55. The zero-order chi connectivity index (χ0) is 49.9. The topological polar surface area (TPSA) is 395 Å². The zero-order valence-electron chi connectivity index (χ0n) is 35.0. The van der Waals surface area contributed by atoms with Crippen LogP contribution in [0.25, 0.3) is 89.7 Å². The van der Waals surface area contributed by atoms with Crippen LogP contribution < -0.4 is 15.8 Å². The summed E-state index contributed by atoms with van der Waals surface area (Å²) in [4.78, 5) is 43.3. The summed E-state index contributed by atoms with van der Waals surface area (Å²) < 4.78 is 138. The highest BCUT2D eigenvalue weighted by molar-refractivity contribution is 7.92. The molecule has 0 amide bonds. The fourth-order valence-electron chi connectivity index (χ4n) is 7.97. The van der Waals surface area contributed by atoms with Crippen molar-refractivity contribution in [3.63, 3.8) is 0 Å². The summed E-state index contributed by atoms with van der Waals surface area (Å²) in [6.45, 7) is 0. The Hall–Kier alpha value is -8.16. The van der Waals surface area contributed by atoms with Gasteiger partial charge < -0.3 is 21.0 Å². The molecule has 9 aromatic rings. The maximum atomic E-state index is 14.2. The third-order valence-corrected chi connectivity index (χ3v) is 15.1. The van der Waals surface area contributed by atoms with Crippen molar-refractivity contribution < 1.29 is 47.3 Å². The molecule has 0 saturated carbocycles. The molecule has 0 atom stereocenters. The van der Waals surface area contributed by atoms with Crippen LogP contribution >= 0.6 is 11.6 Å². The predicted molar refractivity (Wildman–Crippen MR) is 255 cm³/mol. The second-order valence-corrected chi connectivity index (χ2v) is 21.6. The number of sulfonamides is 1. The van der Waals surface area contributed by atoms with Gasteiger partial charge in [0, 0.05) is 43.9 Å². The minimum Gasteiger partial charge on any atom is -0.368 e. The van der Waals surface area contributed by atoms with E-state index in [1.165, 1.54) is 60.7 Å². The predicted octanol–water partition coefficient (Wildman–Crippen LogP) is 5.57. The maximum absolute atomic E-state index is 14.2. The van der Waals surface area contributed by atoms with E-state index >= 15 is 0 Å². The SMILES string of the molecule is Nc1nc(Cl)nc(Nc2cccc(NS(=O)(=O)c3ccc4c(c3)-c3nc-4nc4[nH]c(nc5nc(nc6[nH]c(n3)c3c(S(=O)(=O)O)cccc63)-c3c-5cccc3S(=O)(=O)O)c3cc(S(=O)(=O)O)ccc43)c2)n1. The fraction of sp³-hybridized carbons (Fsp3) is 0. The molecule has 356 valence electrons. The minimum absolute atomic E-state index is 0.00603. The Morgan fingerprint density at radius 1 is 0.493 bits per heavy atom. The molecule has 4 aromatic heterocycles. The lowest BCUT2D eigenvalue weighted by Crippen LogP contribution is -2.13. The van der Waals surface area contributed by atoms with Gasteiger partial charge in [-0.3, -0.25) is 18.4 Å². The molecule has 0 spiro atoms. The van der Waals surface area contributed by atoms with Gasteiger partial charge in [-0.15, -0.1) is 0 Å². The first-order valence-electron chi connectivity index (χ1n) is 19.9. The Morgan fingerprint density at radius 3 is 1.85 bits per heavy atom. The molecule has 6 heterocycles. The summed E-state index contributed by atoms with van der Waals surface area (Å²) in [6, 6.07) is 21.1. The molecule has 2 aliphatic heterocycles. The van der Waals surface area contributed by atoms with Crippen LogP contribution in [-0.2, 0) is 40.4 Å². The number of fused-ring (bicyclic) bond motifs is 20. The maximum Gasteiger partial charge on any atom is 0.295 e. The molecule has 0 aliphatic carbocycles. The van der Waals surface area contributed by atoms with Gasteiger partial charge in [-0.2, -0.15) is 40.2 Å². The number of nitrogens with one attached hydrogen (secondary N) is 4. The quantitative estimate of drug-likeness (QED) is 0.0861. The Bertz CT molecular complexity index is 4500. The van der Waals surface area contributed by atoms with Gasteiger partial charge in [-0.25, -0.2) is 38.3 Å². The van der Waals surface area contributed by atoms with Gasteiger partial charge in [0.15, 0.2) is 23.3 Å². The van der Waals surface area contributed by atoms with E-state index in [1.54, 1.807) is 12.1 Å². The average molecular weight is 1050 g/mol. The normalized spacial score (nSPS) is 12.7. The smallest absolute Gasteiger partial charge is 0.295 e. The van der Waals surface area contributed by atoms with Gasteiger partial charge in [-0.05, 0) is 78.3 Å². The molecule has 2 aliphatic rings. The van der Waals surface area contributed by atoms with E-state index in [1.807, 2.05) is 0 Å². The lowest BCUT2D eigenvalue weighted by atomic mass is 10.1. The number of halogens is 1. The number of nitrogens with zero attached hydrogens (tertiary/aromatic N) is 9. The summed E-state index contributed by atoms with van der Waals surface area (Å²) in [5.74, 6) is -1.09. The second-order valence-electron chi connectivity index (χ2n) is 15.4. The monoisotopic (exact) mass is 1050 g/mol. The molecule has 5 aromatic carbocycles. The number of benzene rings is 5. The molecule has 0 fully saturated rings. The third-order valence-electron chi connectivity index (χ3n) is 10.9. The zero-order valence-corrected chi connectivity index (χ0v) is 39.0. The van der Waals surface area contributed by atoms with Crippen molar-refractivity contribution in [2.45, 2.75) is 19.6 Å². The van der Waals surface area contributed by atoms with Crippen molar-refractivity contribution in [2.75, 3.05) is 15.8 Å². The number of hydrogen-bond donors (Lipinski definition) is 8. The summed E-state index contributed by atoms with van der Waals surface area (Å²) >= 11 is 5.91. The molecule has 25 nitrogen and oxygen atoms in total. The summed E-state index contributed by atoms with van der Waals surface area (Å²) in [6.07, 6.45) is 0. The molecule has 11 rings (SSSR count). The van der Waals surface area contributed by atoms with Crippen LogP contribution in [0.4, 0.5) is 23.3 Å². The molecule has 0 radical (unpaired) electrons. The first kappa shape index (κ1) is 45.3. The molecule has 8 bridgehead atoms. The molecular formula is C41H25ClN14O11S4. The highest BCUT2D eigenvalue weighted by Crippen LogP contribution is 2.41. The molecule has 0 unspecified atom stereocenters. The second kappa shape index (κ2) is 15.9. The lowest BCUT2D eigenvalue weighted by molar-refractivity contribution is 0.481. The Balaban J connectivity index is 1.18. The minimum atomic E-state index is -5.01. The van der Waals surface area contributed by atoms with Crippen molar-refractivity contribution in [1.29, 1.82) is 0 Å². The Kier molecular flexibility index (Phi) is 10.2. The number of H-pyrrole nitrogens is 2. The van der Waals surface area contributed by atoms with E-state index in [9.17, 15) is 47.3 Å². The van der Waals surface area contributed by atoms with E-state index in [0.29, 0.717) is 5.69 Å². The number of aromatic nitrogens is 11. The number of rotatable bonds is 8. The van der Waals surface area contributed by atoms with E-state index < -0.39 is 55.1 Å². The van der Waals surface area contributed by atoms with E-state index in [0.717, 1.165) is 24.3 Å². The van der Waals surface area contributed by atoms with E-state index in [-0.39, 0.29) is 117 Å². The third kappa shape index (κ3) is 8.15. The molecule has 0 saturated heterocycles. The lowest BCUT2D eigenvalue weighted by Gasteiger charge is -2.11. The Labute approximate surface area is 402 Å². The molecule has 30 heteroatoms. The molecular weight excluding hydrogens is 1030 g/mol. The van der Waals surface area contributed by atoms with Crippen LogP contribution in [0.15, 0.2) is 117 Å². The van der Waals surface area contributed by atoms with Crippen LogP contribution in [0, 0.1) is 0 Å². The van der Waals surface area contributed by atoms with Crippen LogP contribution in [-0.4, -0.2) is 102 Å². The summed E-state index contributed by atoms with van der Waals surface area (Å²) in [7, 11) is -19.2. The van der Waals surface area contributed by atoms with Crippen molar-refractivity contribution >= 4 is 119 Å². The van der Waals surface area contributed by atoms with Gasteiger partial charge in [0.25, 0.3) is 40.4 Å². The number of aromatic amines is 2. The van der Waals surface area contributed by atoms with Crippen LogP contribution in [0.2, 0.25) is 5.28 Å². The summed E-state index contributed by atoms with van der Waals surface area (Å²) in [5, 5.41) is 2.76. The number of nitrogen functional groups attached to an aromatic ring is 1. The number of nitrogens with two attached hydrogens (primary N) is 1. The Morgan fingerprint density at radius 2 is 1.10 bits per heavy atom. The highest BCUT2D eigenvalue weighted by atomic mass is 35.5. The van der Waals surface area contributed by atoms with Gasteiger partial charge in [0.05, 0.1) is 21.0 Å². The van der Waals surface area contributed by atoms with Crippen molar-refractivity contribution in [3.8, 4) is 45.6 Å². The van der Waals surface area contributed by atoms with Gasteiger partial charge >= 0.3 is 0 Å². The van der Waals surface area contributed by atoms with Gasteiger partial charge in [0.1, 0.15) is 32.4 Å². The average Bonchev–Trinajstić information content (AvgIpc) is 4.03. The first-order chi connectivity index (χ1) is 33.6. The van der Waals surface area contributed by atoms with Gasteiger partial charge in [-0.1, -0.05) is 30.3 Å². The first-order valence-corrected chi connectivity index (χ1v) is 26.1. The molecule has 71 heavy (non-hydrogen) atoms. The van der Waals surface area contributed by atoms with E-state index in [4.69, 9.17) is 27.3 Å². The van der Waals surface area contributed by atoms with Crippen LogP contribution in [0.5, 0.6) is 0 Å². The largest absolute Gasteiger partial charge is 0.368 e. The standard InChI is InChI=1S/C41H25ClN14O11S4/c42-39-53-40(43)55-41(54-39)44-17-4-1-5-18(14-17)56-68(57,58)19-10-12-21-25(15-19)36-47-31(21)45-32-22-13-11-20(69(59,60)61)16-26(22)35(46-32)48-33-23-6-2-8-27(70(62,63)64)29(23)37(49-33)50-34-24-7-3-9-28(71(65,66)67)30(24)38(51-34)52-36/h1-16,56H,(H,59,60,61)(H,62,63,64)(H,65,66,67)(H3,43,44,53,54,55)(H2,45,46,47,48,49,50,51,52). The number of hydrogen-bond acceptors (Lipinski definition) is 19. The van der Waals surface area contributed by atoms with Crippen molar-refractivity contribution in [1.82, 2.24) is 54.8 Å². The van der Waals surface area contributed by atoms with E-state index in [2.05, 4.69) is 54.9 Å². The molecule has 9 N–H and O–H groups in total. The highest BCUT2D eigenvalue weighted by Gasteiger charge is 2.30. The van der Waals surface area contributed by atoms with Crippen molar-refractivity contribution in [3.05, 3.63) is 102 Å². The van der Waals surface area contributed by atoms with Crippen molar-refractivity contribution in [2.24, 2.45) is 0 Å². The van der Waals surface area contributed by atoms with Crippen LogP contribution in [0.1, 0.15) is 0 Å². The number of anilines is 4. The van der Waals surface area contributed by atoms with Gasteiger partial charge in [0.2, 0.25) is 17.2 Å². The fourth-order valence-corrected chi connectivity index (χ4v) is 11.1. The van der Waals surface area contributed by atoms with Crippen LogP contribution in [0.3, 0.4) is 0 Å².